The van der Waals surface area contributed by atoms with Crippen molar-refractivity contribution in [2.75, 3.05) is 0 Å². The first-order chi connectivity index (χ1) is 4.79. The van der Waals surface area contributed by atoms with Gasteiger partial charge in [0.25, 0.3) is 6.08 Å². The number of pyridine rings is 1. The lowest BCUT2D eigenvalue weighted by molar-refractivity contribution is 0.429. The van der Waals surface area contributed by atoms with Crippen molar-refractivity contribution in [3.05, 3.63) is 36.2 Å². The van der Waals surface area contributed by atoms with Crippen LogP contribution in [0.25, 0.3) is 6.08 Å². The molecule has 1 rings (SSSR count). The van der Waals surface area contributed by atoms with E-state index in [1.54, 1.807) is 0 Å². The van der Waals surface area contributed by atoms with Crippen LogP contribution < -0.4 is 0 Å². The van der Waals surface area contributed by atoms with Gasteiger partial charge in [0.05, 0.1) is 6.20 Å². The Balaban J connectivity index is 2.87. The van der Waals surface area contributed by atoms with E-state index < -0.39 is 6.08 Å². The number of hydrogen-bond acceptors (Lipinski definition) is 1. The number of nitrogens with zero attached hydrogens (tertiary/aromatic N) is 1. The Kier molecular flexibility index (Phi) is 2.10. The van der Waals surface area contributed by atoms with Crippen molar-refractivity contribution in [2.45, 2.75) is 0 Å². The second-order valence-corrected chi connectivity index (χ2v) is 1.65. The van der Waals surface area contributed by atoms with E-state index >= 15 is 0 Å². The van der Waals surface area contributed by atoms with Gasteiger partial charge in [0.2, 0.25) is 0 Å². The van der Waals surface area contributed by atoms with Gasteiger partial charge in [-0.25, -0.2) is 0 Å². The molecule has 0 saturated heterocycles. The van der Waals surface area contributed by atoms with Crippen molar-refractivity contribution < 1.29 is 8.78 Å². The van der Waals surface area contributed by atoms with Gasteiger partial charge in [-0.15, -0.1) is 0 Å². The van der Waals surface area contributed by atoms with E-state index in [1.807, 2.05) is 0 Å². The van der Waals surface area contributed by atoms with Gasteiger partial charge in [0, 0.05) is 12.3 Å². The molecule has 0 aliphatic rings. The molecule has 0 fully saturated rings. The number of aromatic nitrogens is 1. The molecule has 3 heteroatoms. The molecule has 1 aromatic rings. The van der Waals surface area contributed by atoms with Gasteiger partial charge >= 0.3 is 0 Å². The van der Waals surface area contributed by atoms with Crippen LogP contribution in [0.3, 0.4) is 0 Å². The van der Waals surface area contributed by atoms with Crippen molar-refractivity contribution in [3.63, 3.8) is 0 Å². The topological polar surface area (TPSA) is 12.9 Å². The second-order valence-electron chi connectivity index (χ2n) is 1.65. The minimum absolute atomic E-state index is 0.388. The van der Waals surface area contributed by atoms with E-state index in [0.717, 1.165) is 6.08 Å². The lowest BCUT2D eigenvalue weighted by Gasteiger charge is -1.86. The predicted octanol–water partition coefficient (Wildman–Crippen LogP) is 2.12. The Morgan fingerprint density at radius 3 is 2.90 bits per heavy atom. The summed E-state index contributed by atoms with van der Waals surface area (Å²) in [6, 6.07) is 2.99. The first-order valence-corrected chi connectivity index (χ1v) is 2.64. The fourth-order valence-corrected chi connectivity index (χ4v) is 0.543. The van der Waals surface area contributed by atoms with Crippen LogP contribution in [-0.4, -0.2) is 4.98 Å². The molecule has 51 valence electrons. The summed E-state index contributed by atoms with van der Waals surface area (Å²) in [5, 5.41) is 0. The van der Waals surface area contributed by atoms with Gasteiger partial charge in [-0.2, -0.15) is 8.78 Å². The fraction of sp³-hybridized carbons (Fsp3) is 0. The number of rotatable bonds is 1. The minimum atomic E-state index is -1.71. The van der Waals surface area contributed by atoms with E-state index in [9.17, 15) is 8.78 Å². The molecule has 0 unspecified atom stereocenters. The zero-order valence-corrected chi connectivity index (χ0v) is 5.01. The van der Waals surface area contributed by atoms with Crippen molar-refractivity contribution in [2.24, 2.45) is 0 Å². The highest BCUT2D eigenvalue weighted by Gasteiger charge is 1.89. The van der Waals surface area contributed by atoms with Gasteiger partial charge in [-0.3, -0.25) is 4.98 Å². The van der Waals surface area contributed by atoms with E-state index in [4.69, 9.17) is 0 Å². The smallest absolute Gasteiger partial charge is 0.254 e. The summed E-state index contributed by atoms with van der Waals surface area (Å²) in [5.41, 5.74) is 0.388. The highest BCUT2D eigenvalue weighted by atomic mass is 19.3. The summed E-state index contributed by atoms with van der Waals surface area (Å²) < 4.78 is 23.1. The fourth-order valence-electron chi connectivity index (χ4n) is 0.543. The van der Waals surface area contributed by atoms with E-state index in [-0.39, 0.29) is 0 Å². The maximum Gasteiger partial charge on any atom is 0.270 e. The SMILES string of the molecule is FC(F)=Cc1cc[c]nc1. The summed E-state index contributed by atoms with van der Waals surface area (Å²) in [6.45, 7) is 0. The Bertz CT molecular complexity index is 227. The van der Waals surface area contributed by atoms with Crippen LogP contribution in [-0.2, 0) is 0 Å². The molecule has 0 saturated carbocycles. The zero-order valence-electron chi connectivity index (χ0n) is 5.01. The predicted molar refractivity (Wildman–Crippen MR) is 33.3 cm³/mol. The quantitative estimate of drug-likeness (QED) is 0.582. The molecule has 0 atom stereocenters. The van der Waals surface area contributed by atoms with Crippen molar-refractivity contribution >= 4 is 6.08 Å². The lowest BCUT2D eigenvalue weighted by Crippen LogP contribution is -1.73. The molecule has 0 aliphatic heterocycles. The van der Waals surface area contributed by atoms with Crippen molar-refractivity contribution in [3.8, 4) is 0 Å². The van der Waals surface area contributed by atoms with Gasteiger partial charge < -0.3 is 0 Å². The Morgan fingerprint density at radius 2 is 2.40 bits per heavy atom. The normalized spacial score (nSPS) is 9.00. The first kappa shape index (κ1) is 6.86. The molecule has 1 nitrogen and oxygen atoms in total. The molecule has 0 bridgehead atoms. The van der Waals surface area contributed by atoms with Crippen LogP contribution in [0.4, 0.5) is 8.78 Å². The summed E-state index contributed by atoms with van der Waals surface area (Å²) in [5.74, 6) is 0. The third-order valence-corrected chi connectivity index (χ3v) is 0.914. The highest BCUT2D eigenvalue weighted by Crippen LogP contribution is 2.05. The van der Waals surface area contributed by atoms with Gasteiger partial charge in [0.1, 0.15) is 0 Å². The summed E-state index contributed by atoms with van der Waals surface area (Å²) in [7, 11) is 0. The molecule has 0 aliphatic carbocycles. The molecule has 0 aromatic carbocycles. The highest BCUT2D eigenvalue weighted by molar-refractivity contribution is 5.47. The molecule has 1 aromatic heterocycles. The van der Waals surface area contributed by atoms with Crippen molar-refractivity contribution in [1.29, 1.82) is 0 Å². The Hall–Kier alpha value is -1.25. The van der Waals surface area contributed by atoms with Crippen LogP contribution in [0, 0.1) is 6.20 Å². The van der Waals surface area contributed by atoms with E-state index in [2.05, 4.69) is 11.2 Å². The molecule has 1 radical (unpaired) electrons. The van der Waals surface area contributed by atoms with Crippen LogP contribution >= 0.6 is 0 Å². The van der Waals surface area contributed by atoms with Gasteiger partial charge in [-0.05, 0) is 11.6 Å². The molecule has 0 N–H and O–H groups in total. The maximum absolute atomic E-state index is 11.5. The first-order valence-electron chi connectivity index (χ1n) is 2.64. The average Bonchev–Trinajstić information content (AvgIpc) is 1.88. The van der Waals surface area contributed by atoms with Gasteiger partial charge in [-0.1, -0.05) is 6.07 Å². The summed E-state index contributed by atoms with van der Waals surface area (Å²) >= 11 is 0. The molecular formula is C7H4F2N. The molecule has 0 amide bonds. The second kappa shape index (κ2) is 3.06. The zero-order chi connectivity index (χ0) is 7.40. The Morgan fingerprint density at radius 1 is 1.60 bits per heavy atom. The number of hydrogen-bond donors (Lipinski definition) is 0. The monoisotopic (exact) mass is 140 g/mol. The third-order valence-electron chi connectivity index (χ3n) is 0.914. The standard InChI is InChI=1S/C7H4F2N/c8-7(9)4-6-2-1-3-10-5-6/h1-2,4-5H. The molecular weight excluding hydrogens is 136 g/mol. The van der Waals surface area contributed by atoms with Crippen LogP contribution in [0.1, 0.15) is 5.56 Å². The van der Waals surface area contributed by atoms with E-state index in [0.29, 0.717) is 5.56 Å². The summed E-state index contributed by atoms with van der Waals surface area (Å²) in [4.78, 5) is 3.53. The molecule has 1 heterocycles. The van der Waals surface area contributed by atoms with E-state index in [1.165, 1.54) is 18.3 Å². The average molecular weight is 140 g/mol. The van der Waals surface area contributed by atoms with Crippen LogP contribution in [0.15, 0.2) is 24.4 Å². The molecule has 10 heavy (non-hydrogen) atoms. The Labute approximate surface area is 57.0 Å². The van der Waals surface area contributed by atoms with Gasteiger partial charge in [0.15, 0.2) is 0 Å². The summed E-state index contributed by atoms with van der Waals surface area (Å²) in [6.07, 6.45) is 2.84. The number of halogens is 2. The third kappa shape index (κ3) is 1.93. The van der Waals surface area contributed by atoms with Crippen molar-refractivity contribution in [1.82, 2.24) is 4.98 Å². The largest absolute Gasteiger partial charge is 0.270 e. The lowest BCUT2D eigenvalue weighted by atomic mass is 10.3. The molecule has 0 spiro atoms. The van der Waals surface area contributed by atoms with Crippen LogP contribution in [0.5, 0.6) is 0 Å². The minimum Gasteiger partial charge on any atom is -0.254 e. The van der Waals surface area contributed by atoms with Crippen LogP contribution in [0.2, 0.25) is 0 Å². The maximum atomic E-state index is 11.5.